The van der Waals surface area contributed by atoms with Crippen LogP contribution in [0, 0.1) is 5.92 Å². The molecular weight excluding hydrogens is 266 g/mol. The van der Waals surface area contributed by atoms with Crippen molar-refractivity contribution in [2.75, 3.05) is 6.61 Å². The summed E-state index contributed by atoms with van der Waals surface area (Å²) >= 11 is 0. The molecule has 1 aliphatic carbocycles. The number of ether oxygens (including phenoxy) is 1. The Kier molecular flexibility index (Phi) is 4.08. The molecule has 2 aliphatic rings. The van der Waals surface area contributed by atoms with Crippen LogP contribution in [0.15, 0.2) is 42.5 Å². The highest BCUT2D eigenvalue weighted by molar-refractivity contribution is 5.76. The van der Waals surface area contributed by atoms with Gasteiger partial charge in [-0.05, 0) is 25.8 Å². The average Bonchev–Trinajstić information content (AvgIpc) is 2.88. The number of hydroxylamine groups is 2. The topological polar surface area (TPSA) is 38.8 Å². The van der Waals surface area contributed by atoms with E-state index in [0.29, 0.717) is 6.61 Å². The highest BCUT2D eigenvalue weighted by atomic mass is 16.7. The Morgan fingerprint density at radius 1 is 1.38 bits per heavy atom. The van der Waals surface area contributed by atoms with Crippen LogP contribution >= 0.6 is 0 Å². The van der Waals surface area contributed by atoms with Gasteiger partial charge in [-0.25, -0.2) is 0 Å². The lowest BCUT2D eigenvalue weighted by molar-refractivity contribution is -0.262. The zero-order valence-corrected chi connectivity index (χ0v) is 12.4. The van der Waals surface area contributed by atoms with Crippen LogP contribution in [-0.4, -0.2) is 29.8 Å². The van der Waals surface area contributed by atoms with Gasteiger partial charge in [0.1, 0.15) is 6.04 Å². The van der Waals surface area contributed by atoms with Gasteiger partial charge in [0.25, 0.3) is 0 Å². The summed E-state index contributed by atoms with van der Waals surface area (Å²) in [5, 5.41) is 1.83. The largest absolute Gasteiger partial charge is 0.465 e. The summed E-state index contributed by atoms with van der Waals surface area (Å²) in [7, 11) is 0. The van der Waals surface area contributed by atoms with Gasteiger partial charge < -0.3 is 4.74 Å². The molecule has 2 bridgehead atoms. The second-order valence-electron chi connectivity index (χ2n) is 5.57. The smallest absolute Gasteiger partial charge is 0.326 e. The van der Waals surface area contributed by atoms with Gasteiger partial charge in [0.15, 0.2) is 0 Å². The number of carbonyl (C=O) groups is 1. The molecule has 0 saturated carbocycles. The lowest BCUT2D eigenvalue weighted by Crippen LogP contribution is -2.51. The third kappa shape index (κ3) is 2.74. The van der Waals surface area contributed by atoms with E-state index in [9.17, 15) is 4.79 Å². The summed E-state index contributed by atoms with van der Waals surface area (Å²) in [6.07, 6.45) is 5.08. The van der Waals surface area contributed by atoms with Crippen LogP contribution in [0.4, 0.5) is 0 Å². The molecule has 1 aromatic rings. The highest BCUT2D eigenvalue weighted by Gasteiger charge is 2.45. The third-order valence-corrected chi connectivity index (χ3v) is 4.21. The number of carbonyl (C=O) groups excluding carboxylic acids is 1. The predicted octanol–water partition coefficient (Wildman–Crippen LogP) is 2.87. The van der Waals surface area contributed by atoms with E-state index in [1.54, 1.807) is 0 Å². The SMILES string of the molecule is CCOC(=O)C1[C@@H]2C=C[C@@H](C2)ON1[C@@H](C)c1ccccc1. The number of fused-ring (bicyclic) bond motifs is 2. The minimum absolute atomic E-state index is 0.00538. The molecule has 1 fully saturated rings. The Labute approximate surface area is 125 Å². The van der Waals surface area contributed by atoms with Crippen LogP contribution < -0.4 is 0 Å². The number of benzene rings is 1. The molecule has 4 nitrogen and oxygen atoms in total. The van der Waals surface area contributed by atoms with Crippen LogP contribution in [-0.2, 0) is 14.4 Å². The van der Waals surface area contributed by atoms with Gasteiger partial charge in [0, 0.05) is 5.92 Å². The van der Waals surface area contributed by atoms with Crippen LogP contribution in [0.2, 0.25) is 0 Å². The van der Waals surface area contributed by atoms with Gasteiger partial charge in [-0.2, -0.15) is 5.06 Å². The standard InChI is InChI=1S/C17H21NO3/c1-3-20-17(19)16-14-9-10-15(11-14)21-18(16)12(2)13-7-5-4-6-8-13/h4-10,12,14-16H,3,11H2,1-2H3/t12-,14+,15-,16?/m0/s1. The summed E-state index contributed by atoms with van der Waals surface area (Å²) in [6, 6.07) is 9.74. The fourth-order valence-electron chi connectivity index (χ4n) is 3.13. The van der Waals surface area contributed by atoms with Crippen molar-refractivity contribution in [2.24, 2.45) is 5.92 Å². The predicted molar refractivity (Wildman–Crippen MR) is 79.2 cm³/mol. The molecule has 4 atom stereocenters. The quantitative estimate of drug-likeness (QED) is 0.630. The first-order valence-electron chi connectivity index (χ1n) is 7.55. The first-order valence-corrected chi connectivity index (χ1v) is 7.55. The van der Waals surface area contributed by atoms with Crippen molar-refractivity contribution >= 4 is 5.97 Å². The molecule has 4 heteroatoms. The van der Waals surface area contributed by atoms with Crippen LogP contribution in [0.3, 0.4) is 0 Å². The van der Waals surface area contributed by atoms with Crippen LogP contribution in [0.25, 0.3) is 0 Å². The lowest BCUT2D eigenvalue weighted by atomic mass is 9.95. The molecule has 1 unspecified atom stereocenters. The van der Waals surface area contributed by atoms with Crippen molar-refractivity contribution in [3.05, 3.63) is 48.0 Å². The van der Waals surface area contributed by atoms with E-state index in [1.807, 2.05) is 30.2 Å². The first-order chi connectivity index (χ1) is 10.2. The Bertz CT molecular complexity index is 528. The molecule has 21 heavy (non-hydrogen) atoms. The maximum atomic E-state index is 12.4. The zero-order valence-electron chi connectivity index (χ0n) is 12.4. The van der Waals surface area contributed by atoms with Crippen LogP contribution in [0.5, 0.6) is 0 Å². The van der Waals surface area contributed by atoms with E-state index in [0.717, 1.165) is 12.0 Å². The van der Waals surface area contributed by atoms with Gasteiger partial charge in [0.05, 0.1) is 18.8 Å². The van der Waals surface area contributed by atoms with Crippen molar-refractivity contribution in [1.82, 2.24) is 5.06 Å². The fourth-order valence-corrected chi connectivity index (χ4v) is 3.13. The molecule has 0 spiro atoms. The monoisotopic (exact) mass is 287 g/mol. The molecule has 3 rings (SSSR count). The molecule has 0 radical (unpaired) electrons. The van der Waals surface area contributed by atoms with E-state index < -0.39 is 0 Å². The number of esters is 1. The highest BCUT2D eigenvalue weighted by Crippen LogP contribution is 2.38. The Balaban J connectivity index is 1.86. The number of hydrogen-bond donors (Lipinski definition) is 0. The van der Waals surface area contributed by atoms with Crippen molar-refractivity contribution < 1.29 is 14.4 Å². The molecule has 112 valence electrons. The molecule has 0 N–H and O–H groups in total. The van der Waals surface area contributed by atoms with Gasteiger partial charge in [-0.3, -0.25) is 9.63 Å². The lowest BCUT2D eigenvalue weighted by Gasteiger charge is -2.41. The van der Waals surface area contributed by atoms with E-state index in [2.05, 4.69) is 31.2 Å². The second kappa shape index (κ2) is 6.00. The first kappa shape index (κ1) is 14.3. The minimum Gasteiger partial charge on any atom is -0.465 e. The third-order valence-electron chi connectivity index (χ3n) is 4.21. The molecule has 1 aromatic carbocycles. The van der Waals surface area contributed by atoms with Gasteiger partial charge in [-0.15, -0.1) is 0 Å². The summed E-state index contributed by atoms with van der Waals surface area (Å²) < 4.78 is 5.25. The fraction of sp³-hybridized carbons (Fsp3) is 0.471. The molecule has 0 aromatic heterocycles. The second-order valence-corrected chi connectivity index (χ2v) is 5.57. The Hall–Kier alpha value is -1.65. The van der Waals surface area contributed by atoms with Crippen LogP contribution in [0.1, 0.15) is 31.9 Å². The molecule has 1 aliphatic heterocycles. The van der Waals surface area contributed by atoms with Crippen molar-refractivity contribution in [3.8, 4) is 0 Å². The summed E-state index contributed by atoms with van der Waals surface area (Å²) in [4.78, 5) is 18.4. The average molecular weight is 287 g/mol. The van der Waals surface area contributed by atoms with Gasteiger partial charge >= 0.3 is 5.97 Å². The molecular formula is C17H21NO3. The normalized spacial score (nSPS) is 29.3. The van der Waals surface area contributed by atoms with E-state index in [4.69, 9.17) is 9.57 Å². The summed E-state index contributed by atoms with van der Waals surface area (Å²) in [5.41, 5.74) is 1.13. The van der Waals surface area contributed by atoms with E-state index >= 15 is 0 Å². The maximum absolute atomic E-state index is 12.4. The number of hydrogen-bond acceptors (Lipinski definition) is 4. The number of rotatable bonds is 4. The van der Waals surface area contributed by atoms with Crippen molar-refractivity contribution in [2.45, 2.75) is 38.5 Å². The molecule has 1 saturated heterocycles. The Morgan fingerprint density at radius 2 is 2.14 bits per heavy atom. The van der Waals surface area contributed by atoms with Crippen molar-refractivity contribution in [1.29, 1.82) is 0 Å². The van der Waals surface area contributed by atoms with E-state index in [-0.39, 0.29) is 30.1 Å². The number of nitrogens with zero attached hydrogens (tertiary/aromatic N) is 1. The van der Waals surface area contributed by atoms with E-state index in [1.165, 1.54) is 0 Å². The summed E-state index contributed by atoms with van der Waals surface area (Å²) in [5.74, 6) is -0.0238. The van der Waals surface area contributed by atoms with Crippen molar-refractivity contribution in [3.63, 3.8) is 0 Å². The zero-order chi connectivity index (χ0) is 14.8. The Morgan fingerprint density at radius 3 is 2.86 bits per heavy atom. The molecule has 0 amide bonds. The van der Waals surface area contributed by atoms with Gasteiger partial charge in [-0.1, -0.05) is 42.5 Å². The van der Waals surface area contributed by atoms with Gasteiger partial charge in [0.2, 0.25) is 0 Å². The molecule has 1 heterocycles. The minimum atomic E-state index is -0.366. The maximum Gasteiger partial charge on any atom is 0.326 e. The summed E-state index contributed by atoms with van der Waals surface area (Å²) in [6.45, 7) is 4.29.